The van der Waals surface area contributed by atoms with E-state index in [9.17, 15) is 14.9 Å². The smallest absolute Gasteiger partial charge is 0.406 e. The molecule has 1 aliphatic carbocycles. The van der Waals surface area contributed by atoms with Gasteiger partial charge in [-0.15, -0.1) is 11.3 Å². The largest absolute Gasteiger partial charge is 0.449 e. The van der Waals surface area contributed by atoms with E-state index in [4.69, 9.17) is 4.74 Å². The van der Waals surface area contributed by atoms with Crippen molar-refractivity contribution in [3.05, 3.63) is 44.5 Å². The molecule has 0 spiro atoms. The Morgan fingerprint density at radius 2 is 2.33 bits per heavy atom. The van der Waals surface area contributed by atoms with Gasteiger partial charge in [-0.25, -0.2) is 4.79 Å². The molecule has 2 aromatic heterocycles. The van der Waals surface area contributed by atoms with Crippen molar-refractivity contribution >= 4 is 45.8 Å². The van der Waals surface area contributed by atoms with Crippen LogP contribution in [0.2, 0.25) is 0 Å². The first-order valence-electron chi connectivity index (χ1n) is 8.51. The number of thiophene rings is 2. The molecule has 1 aliphatic rings. The highest BCUT2D eigenvalue weighted by molar-refractivity contribution is 7.16. The zero-order valence-electron chi connectivity index (χ0n) is 14.8. The quantitative estimate of drug-likeness (QED) is 0.746. The van der Waals surface area contributed by atoms with Crippen LogP contribution in [0.1, 0.15) is 28.0 Å². The second kappa shape index (κ2) is 8.84. The number of nitrogens with one attached hydrogen (secondary N) is 2. The van der Waals surface area contributed by atoms with E-state index in [-0.39, 0.29) is 11.8 Å². The molecule has 3 rings (SSSR count). The van der Waals surface area contributed by atoms with Gasteiger partial charge in [0.05, 0.1) is 12.2 Å². The van der Waals surface area contributed by atoms with Gasteiger partial charge in [0.2, 0.25) is 5.91 Å². The Morgan fingerprint density at radius 3 is 3.04 bits per heavy atom. The van der Waals surface area contributed by atoms with E-state index < -0.39 is 6.09 Å². The second-order valence-corrected chi connectivity index (χ2v) is 8.04. The fourth-order valence-corrected chi connectivity index (χ4v) is 4.91. The number of nitriles is 1. The average molecular weight is 402 g/mol. The first-order valence-corrected chi connectivity index (χ1v) is 10.3. The molecule has 1 unspecified atom stereocenters. The predicted molar refractivity (Wildman–Crippen MR) is 107 cm³/mol. The van der Waals surface area contributed by atoms with Gasteiger partial charge in [-0.2, -0.15) is 16.6 Å². The van der Waals surface area contributed by atoms with Crippen LogP contribution in [-0.2, 0) is 22.4 Å². The van der Waals surface area contributed by atoms with E-state index in [0.29, 0.717) is 17.2 Å². The Labute approximate surface area is 165 Å². The van der Waals surface area contributed by atoms with Gasteiger partial charge in [0, 0.05) is 18.0 Å². The summed E-state index contributed by atoms with van der Waals surface area (Å²) in [7, 11) is 1.53. The van der Waals surface area contributed by atoms with Crippen molar-refractivity contribution in [3.8, 4) is 6.07 Å². The molecule has 0 fully saturated rings. The van der Waals surface area contributed by atoms with Crippen molar-refractivity contribution in [2.24, 2.45) is 5.92 Å². The molecule has 0 aliphatic heterocycles. The summed E-state index contributed by atoms with van der Waals surface area (Å²) in [4.78, 5) is 24.5. The van der Waals surface area contributed by atoms with Crippen LogP contribution in [0.15, 0.2) is 22.9 Å². The van der Waals surface area contributed by atoms with Crippen molar-refractivity contribution in [2.75, 3.05) is 19.0 Å². The van der Waals surface area contributed by atoms with E-state index in [1.807, 2.05) is 16.8 Å². The van der Waals surface area contributed by atoms with E-state index >= 15 is 0 Å². The number of rotatable bonds is 5. The monoisotopic (exact) mass is 401 g/mol. The maximum absolute atomic E-state index is 12.2. The first-order chi connectivity index (χ1) is 13.1. The molecule has 0 radical (unpaired) electrons. The number of fused-ring (bicyclic) bond motifs is 1. The van der Waals surface area contributed by atoms with Crippen LogP contribution < -0.4 is 10.6 Å². The van der Waals surface area contributed by atoms with Crippen LogP contribution in [0.5, 0.6) is 0 Å². The molecule has 27 heavy (non-hydrogen) atoms. The van der Waals surface area contributed by atoms with E-state index in [2.05, 4.69) is 16.7 Å². The topological polar surface area (TPSA) is 91.2 Å². The lowest BCUT2D eigenvalue weighted by atomic mass is 9.88. The van der Waals surface area contributed by atoms with Gasteiger partial charge in [-0.3, -0.25) is 4.79 Å². The van der Waals surface area contributed by atoms with Crippen LogP contribution >= 0.6 is 22.7 Å². The summed E-state index contributed by atoms with van der Waals surface area (Å²) in [6.07, 6.45) is 5.12. The van der Waals surface area contributed by atoms with Gasteiger partial charge in [-0.1, -0.05) is 0 Å². The van der Waals surface area contributed by atoms with Crippen LogP contribution in [0, 0.1) is 17.2 Å². The zero-order valence-corrected chi connectivity index (χ0v) is 16.4. The van der Waals surface area contributed by atoms with E-state index in [1.54, 1.807) is 17.4 Å². The summed E-state index contributed by atoms with van der Waals surface area (Å²) in [5.41, 5.74) is 2.54. The third-order valence-electron chi connectivity index (χ3n) is 4.34. The number of carbonyl (C=O) groups excluding carboxylic acids is 2. The third-order valence-corrected chi connectivity index (χ3v) is 6.21. The zero-order chi connectivity index (χ0) is 19.2. The van der Waals surface area contributed by atoms with E-state index in [0.717, 1.165) is 35.3 Å². The minimum atomic E-state index is -0.435. The van der Waals surface area contributed by atoms with Gasteiger partial charge in [0.15, 0.2) is 0 Å². The maximum Gasteiger partial charge on any atom is 0.406 e. The number of carbonyl (C=O) groups is 2. The molecular formula is C19H19N3O3S2. The van der Waals surface area contributed by atoms with Gasteiger partial charge >= 0.3 is 6.09 Å². The Balaban J connectivity index is 1.68. The van der Waals surface area contributed by atoms with Gasteiger partial charge in [0.25, 0.3) is 0 Å². The molecule has 1 atom stereocenters. The number of hydrogen-bond donors (Lipinski definition) is 2. The van der Waals surface area contributed by atoms with Crippen molar-refractivity contribution in [3.63, 3.8) is 0 Å². The Hall–Kier alpha value is -2.63. The highest BCUT2D eigenvalue weighted by Gasteiger charge is 2.27. The fraction of sp³-hybridized carbons (Fsp3) is 0.316. The van der Waals surface area contributed by atoms with Crippen LogP contribution in [0.3, 0.4) is 0 Å². The summed E-state index contributed by atoms with van der Waals surface area (Å²) in [6, 6.07) is 4.16. The van der Waals surface area contributed by atoms with E-state index in [1.165, 1.54) is 24.5 Å². The number of amides is 2. The Bertz CT molecular complexity index is 894. The maximum atomic E-state index is 12.2. The second-order valence-electron chi connectivity index (χ2n) is 6.16. The van der Waals surface area contributed by atoms with Crippen molar-refractivity contribution < 1.29 is 14.3 Å². The number of alkyl carbamates (subject to hydrolysis) is 1. The fourth-order valence-electron chi connectivity index (χ4n) is 2.96. The van der Waals surface area contributed by atoms with Crippen molar-refractivity contribution in [1.29, 1.82) is 5.26 Å². The summed E-state index contributed by atoms with van der Waals surface area (Å²) < 4.78 is 5.15. The molecular weight excluding hydrogens is 382 g/mol. The van der Waals surface area contributed by atoms with Crippen molar-refractivity contribution in [1.82, 2.24) is 5.32 Å². The molecule has 2 amide bonds. The molecule has 6 nitrogen and oxygen atoms in total. The molecule has 0 aromatic carbocycles. The lowest BCUT2D eigenvalue weighted by Gasteiger charge is -2.21. The third kappa shape index (κ3) is 4.76. The summed E-state index contributed by atoms with van der Waals surface area (Å²) >= 11 is 3.01. The number of nitrogens with zero attached hydrogens (tertiary/aromatic N) is 1. The summed E-state index contributed by atoms with van der Waals surface area (Å²) in [5, 5.41) is 19.3. The number of anilines is 1. The Kier molecular flexibility index (Phi) is 6.27. The standard InChI is InChI=1S/C19H19N3O3S2/c1-21-19(24)25-10-13-2-4-14-15(9-20)18(27-16(14)8-13)22-17(23)5-3-12-6-7-26-11-12/h3,5-7,11,13H,2,4,8,10H2,1H3,(H,21,24)(H,22,23)/b5-3+. The van der Waals surface area contributed by atoms with Gasteiger partial charge in [0.1, 0.15) is 11.1 Å². The SMILES string of the molecule is CNC(=O)OCC1CCc2c(sc(NC(=O)/C=C/c3ccsc3)c2C#N)C1. The number of ether oxygens (including phenoxy) is 1. The Morgan fingerprint density at radius 1 is 1.48 bits per heavy atom. The van der Waals surface area contributed by atoms with Crippen molar-refractivity contribution in [2.45, 2.75) is 19.3 Å². The van der Waals surface area contributed by atoms with Crippen LogP contribution in [-0.4, -0.2) is 25.7 Å². The summed E-state index contributed by atoms with van der Waals surface area (Å²) in [6.45, 7) is 0.351. The lowest BCUT2D eigenvalue weighted by molar-refractivity contribution is -0.111. The first kappa shape index (κ1) is 19.1. The summed E-state index contributed by atoms with van der Waals surface area (Å²) in [5.74, 6) is -0.0298. The molecule has 0 saturated heterocycles. The molecule has 140 valence electrons. The van der Waals surface area contributed by atoms with Gasteiger partial charge < -0.3 is 15.4 Å². The minimum absolute atomic E-state index is 0.224. The highest BCUT2D eigenvalue weighted by atomic mass is 32.1. The lowest BCUT2D eigenvalue weighted by Crippen LogP contribution is -2.25. The van der Waals surface area contributed by atoms with Gasteiger partial charge in [-0.05, 0) is 59.2 Å². The molecule has 2 aromatic rings. The molecule has 0 saturated carbocycles. The molecule has 0 bridgehead atoms. The molecule has 2 heterocycles. The minimum Gasteiger partial charge on any atom is -0.449 e. The average Bonchev–Trinajstić information content (AvgIpc) is 3.31. The predicted octanol–water partition coefficient (Wildman–Crippen LogP) is 3.79. The normalized spacial score (nSPS) is 15.8. The van der Waals surface area contributed by atoms with Crippen LogP contribution in [0.4, 0.5) is 9.80 Å². The molecule has 2 N–H and O–H groups in total. The van der Waals surface area contributed by atoms with Crippen LogP contribution in [0.25, 0.3) is 6.08 Å². The highest BCUT2D eigenvalue weighted by Crippen LogP contribution is 2.39. The number of hydrogen-bond acceptors (Lipinski definition) is 6. The molecule has 8 heteroatoms.